The molecule has 0 aromatic carbocycles. The molecule has 376 valence electrons. The van der Waals surface area contributed by atoms with Gasteiger partial charge in [-0.05, 0) is 194 Å². The molecular formula is C59H91ClO7. The lowest BCUT2D eigenvalue weighted by atomic mass is 9.45. The van der Waals surface area contributed by atoms with Gasteiger partial charge in [0.25, 0.3) is 0 Å². The first-order valence-corrected chi connectivity index (χ1v) is 27.3. The minimum Gasteiger partial charge on any atom is -0.393 e. The monoisotopic (exact) mass is 947 g/mol. The number of carbonyl (C=O) groups excluding carboxylic acids is 2. The van der Waals surface area contributed by atoms with Crippen LogP contribution in [0.25, 0.3) is 0 Å². The number of aliphatic hydroxyl groups excluding tert-OH is 3. The predicted molar refractivity (Wildman–Crippen MR) is 271 cm³/mol. The third kappa shape index (κ3) is 9.42. The maximum atomic E-state index is 12.6. The Morgan fingerprint density at radius 3 is 2.25 bits per heavy atom. The smallest absolute Gasteiger partial charge is 0.190 e. The second-order valence-electron chi connectivity index (χ2n) is 25.5. The second-order valence-corrected chi connectivity index (χ2v) is 26.1. The van der Waals surface area contributed by atoms with Crippen LogP contribution in [0.4, 0.5) is 0 Å². The number of aliphatic hydroxyl groups is 4. The topological polar surface area (TPSA) is 124 Å². The highest BCUT2D eigenvalue weighted by molar-refractivity contribution is 6.26. The lowest BCUT2D eigenvalue weighted by Crippen LogP contribution is -2.69. The number of carbonyl (C=O) groups is 2. The van der Waals surface area contributed by atoms with Crippen LogP contribution in [0, 0.1) is 63.6 Å². The van der Waals surface area contributed by atoms with Crippen molar-refractivity contribution in [1.82, 2.24) is 0 Å². The number of hydrogen-bond donors (Lipinski definition) is 4. The van der Waals surface area contributed by atoms with Crippen LogP contribution in [-0.2, 0) is 14.3 Å². The van der Waals surface area contributed by atoms with E-state index in [1.807, 2.05) is 26.8 Å². The highest BCUT2D eigenvalue weighted by Gasteiger charge is 2.74. The van der Waals surface area contributed by atoms with Gasteiger partial charge in [0.2, 0.25) is 0 Å². The molecule has 0 amide bonds. The maximum absolute atomic E-state index is 12.6. The molecule has 2 aliphatic heterocycles. The van der Waals surface area contributed by atoms with Crippen LogP contribution in [-0.4, -0.2) is 72.5 Å². The molecule has 8 heteroatoms. The minimum absolute atomic E-state index is 0.0567. The van der Waals surface area contributed by atoms with E-state index in [1.165, 1.54) is 94.3 Å². The van der Waals surface area contributed by atoms with E-state index >= 15 is 0 Å². The SMILES string of the molecule is C=C1CC[C@H](O)C/C1=C/C=C1\CCC[C@]2(C)[C@@H]([C@H](C)CCCC(C)C)CC[C@@H]12.CC12CCC(CC1)C(C)(C)O2.C[C@H]1C[C@H]2[C@@H]3CCC4=CC(=O)C=C[C@]4(C)[C@@]3(Cl)[C@@H](O)C[C@]2(C)[C@@]1(O)C(=O)CO. The van der Waals surface area contributed by atoms with Gasteiger partial charge in [-0.1, -0.05) is 109 Å². The summed E-state index contributed by atoms with van der Waals surface area (Å²) in [5.41, 5.74) is 2.84. The number of rotatable bonds is 8. The maximum Gasteiger partial charge on any atom is 0.190 e. The van der Waals surface area contributed by atoms with Gasteiger partial charge in [0.1, 0.15) is 12.2 Å². The van der Waals surface area contributed by atoms with Crippen molar-refractivity contribution in [3.8, 4) is 0 Å². The van der Waals surface area contributed by atoms with Crippen molar-refractivity contribution >= 4 is 23.2 Å². The molecule has 2 bridgehead atoms. The van der Waals surface area contributed by atoms with Gasteiger partial charge >= 0.3 is 0 Å². The van der Waals surface area contributed by atoms with Crippen LogP contribution in [0.15, 0.2) is 59.3 Å². The van der Waals surface area contributed by atoms with Crippen LogP contribution in [0.5, 0.6) is 0 Å². The molecule has 0 unspecified atom stereocenters. The second kappa shape index (κ2) is 19.6. The number of ketones is 2. The van der Waals surface area contributed by atoms with E-state index < -0.39 is 39.8 Å². The molecule has 0 radical (unpaired) electrons. The van der Waals surface area contributed by atoms with E-state index in [-0.39, 0.29) is 47.3 Å². The van der Waals surface area contributed by atoms with Gasteiger partial charge in [0.15, 0.2) is 11.6 Å². The number of alkyl halides is 1. The van der Waals surface area contributed by atoms with Crippen molar-refractivity contribution < 1.29 is 34.8 Å². The summed E-state index contributed by atoms with van der Waals surface area (Å²) in [5.74, 6) is 3.04. The van der Waals surface area contributed by atoms with Crippen molar-refractivity contribution in [2.24, 2.45) is 63.6 Å². The van der Waals surface area contributed by atoms with Crippen LogP contribution in [0.2, 0.25) is 0 Å². The number of ether oxygens (including phenoxy) is 1. The van der Waals surface area contributed by atoms with Gasteiger partial charge in [0.05, 0.1) is 28.3 Å². The minimum atomic E-state index is -1.68. The van der Waals surface area contributed by atoms with Crippen molar-refractivity contribution in [2.45, 2.75) is 225 Å². The highest BCUT2D eigenvalue weighted by atomic mass is 35.5. The number of hydrogen-bond acceptors (Lipinski definition) is 7. The van der Waals surface area contributed by atoms with Gasteiger partial charge in [0, 0.05) is 10.8 Å². The molecular weight excluding hydrogens is 856 g/mol. The highest BCUT2D eigenvalue weighted by Crippen LogP contribution is 2.71. The predicted octanol–water partition coefficient (Wildman–Crippen LogP) is 12.5. The van der Waals surface area contributed by atoms with Crippen LogP contribution in [0.3, 0.4) is 0 Å². The van der Waals surface area contributed by atoms with Crippen molar-refractivity contribution in [2.75, 3.05) is 6.61 Å². The van der Waals surface area contributed by atoms with E-state index in [0.717, 1.165) is 54.4 Å². The fourth-order valence-corrected chi connectivity index (χ4v) is 17.2. The zero-order valence-corrected chi connectivity index (χ0v) is 44.2. The van der Waals surface area contributed by atoms with Gasteiger partial charge in [-0.2, -0.15) is 0 Å². The van der Waals surface area contributed by atoms with Crippen molar-refractivity contribution in [3.63, 3.8) is 0 Å². The number of fused-ring (bicyclic) bond motifs is 9. The zero-order valence-electron chi connectivity index (χ0n) is 43.4. The molecule has 2 heterocycles. The number of allylic oxidation sites excluding steroid dienone is 8. The van der Waals surface area contributed by atoms with Crippen LogP contribution >= 0.6 is 11.6 Å². The molecule has 4 N–H and O–H groups in total. The Morgan fingerprint density at radius 2 is 1.63 bits per heavy atom. The summed E-state index contributed by atoms with van der Waals surface area (Å²) in [7, 11) is 0. The molecule has 7 saturated carbocycles. The fourth-order valence-electron chi connectivity index (χ4n) is 16.7. The summed E-state index contributed by atoms with van der Waals surface area (Å²) < 4.78 is 6.06. The Balaban J connectivity index is 0.000000162. The third-order valence-electron chi connectivity index (χ3n) is 20.7. The molecule has 7 nitrogen and oxygen atoms in total. The lowest BCUT2D eigenvalue weighted by Gasteiger charge is -2.63. The molecule has 0 spiro atoms. The Bertz CT molecular complexity index is 1980. The molecule has 8 aliphatic carbocycles. The Kier molecular flexibility index (Phi) is 15.5. The molecule has 2 saturated heterocycles. The first-order valence-electron chi connectivity index (χ1n) is 26.9. The van der Waals surface area contributed by atoms with Gasteiger partial charge in [-0.15, -0.1) is 11.6 Å². The summed E-state index contributed by atoms with van der Waals surface area (Å²) >= 11 is 7.30. The molecule has 13 atom stereocenters. The largest absolute Gasteiger partial charge is 0.393 e. The van der Waals surface area contributed by atoms with Gasteiger partial charge < -0.3 is 25.2 Å². The van der Waals surface area contributed by atoms with Crippen LogP contribution < -0.4 is 0 Å². The Morgan fingerprint density at radius 1 is 0.925 bits per heavy atom. The normalized spacial score (nSPS) is 45.5. The van der Waals surface area contributed by atoms with E-state index in [9.17, 15) is 30.0 Å². The fraction of sp³-hybridized carbons (Fsp3) is 0.797. The van der Waals surface area contributed by atoms with E-state index in [2.05, 4.69) is 67.2 Å². The number of halogens is 1. The number of Topliss-reactive ketones (excluding diaryl/α,β-unsaturated/α-hetero) is 1. The van der Waals surface area contributed by atoms with Gasteiger partial charge in [-0.25, -0.2) is 0 Å². The Labute approximate surface area is 410 Å². The van der Waals surface area contributed by atoms with E-state index in [0.29, 0.717) is 24.7 Å². The third-order valence-corrected chi connectivity index (χ3v) is 21.6. The van der Waals surface area contributed by atoms with E-state index in [4.69, 9.17) is 16.3 Å². The van der Waals surface area contributed by atoms with Gasteiger partial charge in [-0.3, -0.25) is 9.59 Å². The summed E-state index contributed by atoms with van der Waals surface area (Å²) in [4.78, 5) is 23.5. The molecule has 9 fully saturated rings. The molecule has 0 aromatic rings. The summed E-state index contributed by atoms with van der Waals surface area (Å²) in [6.45, 7) is 25.8. The summed E-state index contributed by atoms with van der Waals surface area (Å²) in [5, 5.41) is 42.4. The Hall–Kier alpha value is -1.87. The van der Waals surface area contributed by atoms with Crippen molar-refractivity contribution in [3.05, 3.63) is 59.3 Å². The van der Waals surface area contributed by atoms with Crippen LogP contribution in [0.1, 0.15) is 191 Å². The molecule has 10 aliphatic rings. The standard InChI is InChI=1S/C27H44O.C22H29ClO5.C10H18O/c1-19(2)8-6-9-21(4)25-15-16-26-22(10-7-17-27(25,26)5)12-13-23-18-24(28)14-11-20(23)3;1-12-8-16-15-5-4-13-9-14(25)6-7-19(13,2)21(15,23)17(26)10-20(16,3)22(12,28)18(27)11-24;1-9(2)8-4-6-10(3,11-9)7-5-8/h12-13,19,21,24-26,28H,3,6-11,14-18H2,1-2,4-5H3;6-7,9,12,15-17,24,26,28H,4-5,8,10-11H2,1-3H3;8H,4-7H2,1-3H3/b22-12+,23-13-;;/t21-,24+,25-,26+,27-;12-,15-,16-,17-,19-,20-,21-,22-;/m10./s1. The van der Waals surface area contributed by atoms with Crippen molar-refractivity contribution in [1.29, 1.82) is 0 Å². The summed E-state index contributed by atoms with van der Waals surface area (Å²) in [6, 6.07) is 0. The van der Waals surface area contributed by atoms with E-state index in [1.54, 1.807) is 11.6 Å². The average Bonchev–Trinajstić information content (AvgIpc) is 3.72. The first kappa shape index (κ1) is 52.9. The molecule has 0 aromatic heterocycles. The average molecular weight is 948 g/mol. The molecule has 67 heavy (non-hydrogen) atoms. The molecule has 10 rings (SSSR count). The first-order chi connectivity index (χ1) is 31.3. The lowest BCUT2D eigenvalue weighted by molar-refractivity contribution is -0.229. The summed E-state index contributed by atoms with van der Waals surface area (Å²) in [6.07, 6.45) is 29.8. The zero-order chi connectivity index (χ0) is 49.1. The quantitative estimate of drug-likeness (QED) is 0.179.